The van der Waals surface area contributed by atoms with Crippen molar-refractivity contribution in [1.82, 2.24) is 9.78 Å². The zero-order valence-corrected chi connectivity index (χ0v) is 12.1. The number of nitrogens with zero attached hydrogens (tertiary/aromatic N) is 2. The van der Waals surface area contributed by atoms with Gasteiger partial charge in [0.15, 0.2) is 0 Å². The predicted octanol–water partition coefficient (Wildman–Crippen LogP) is 3.50. The molecule has 0 atom stereocenters. The number of hydrogen-bond acceptors (Lipinski definition) is 3. The van der Waals surface area contributed by atoms with Gasteiger partial charge in [0.1, 0.15) is 0 Å². The van der Waals surface area contributed by atoms with E-state index in [1.54, 1.807) is 0 Å². The van der Waals surface area contributed by atoms with Gasteiger partial charge in [-0.05, 0) is 31.4 Å². The molecule has 2 aromatic rings. The fraction of sp³-hybridized carbons (Fsp3) is 0.500. The number of esters is 1. The van der Waals surface area contributed by atoms with Crippen molar-refractivity contribution < 1.29 is 9.53 Å². The SMILES string of the molecule is CCc1c2ccc(C(=O)OC)cc2nn1C1CCCC1. The van der Waals surface area contributed by atoms with E-state index < -0.39 is 0 Å². The Bertz CT molecular complexity index is 639. The Morgan fingerprint density at radius 2 is 2.15 bits per heavy atom. The van der Waals surface area contributed by atoms with Gasteiger partial charge in [-0.1, -0.05) is 25.8 Å². The number of methoxy groups -OCH3 is 1. The fourth-order valence-electron chi connectivity index (χ4n) is 3.21. The van der Waals surface area contributed by atoms with Gasteiger partial charge in [0, 0.05) is 11.1 Å². The van der Waals surface area contributed by atoms with Crippen molar-refractivity contribution in [1.29, 1.82) is 0 Å². The third-order valence-electron chi connectivity index (χ3n) is 4.23. The molecule has 0 spiro atoms. The largest absolute Gasteiger partial charge is 0.465 e. The van der Waals surface area contributed by atoms with Crippen LogP contribution in [0.4, 0.5) is 0 Å². The maximum Gasteiger partial charge on any atom is 0.337 e. The molecule has 1 heterocycles. The summed E-state index contributed by atoms with van der Waals surface area (Å²) >= 11 is 0. The lowest BCUT2D eigenvalue weighted by Gasteiger charge is -2.13. The second-order valence-electron chi connectivity index (χ2n) is 5.41. The van der Waals surface area contributed by atoms with Crippen molar-refractivity contribution in [2.75, 3.05) is 7.11 Å². The fourth-order valence-corrected chi connectivity index (χ4v) is 3.21. The Balaban J connectivity index is 2.09. The minimum Gasteiger partial charge on any atom is -0.465 e. The van der Waals surface area contributed by atoms with E-state index in [-0.39, 0.29) is 5.97 Å². The standard InChI is InChI=1S/C16H20N2O2/c1-3-15-13-9-8-11(16(19)20-2)10-14(13)17-18(15)12-6-4-5-7-12/h8-10,12H,3-7H2,1-2H3. The number of carbonyl (C=O) groups excluding carboxylic acids is 1. The third kappa shape index (κ3) is 2.09. The monoisotopic (exact) mass is 272 g/mol. The molecule has 20 heavy (non-hydrogen) atoms. The summed E-state index contributed by atoms with van der Waals surface area (Å²) < 4.78 is 6.97. The minimum atomic E-state index is -0.305. The van der Waals surface area contributed by atoms with E-state index in [0.29, 0.717) is 11.6 Å². The Hall–Kier alpha value is -1.84. The van der Waals surface area contributed by atoms with Crippen LogP contribution in [0.5, 0.6) is 0 Å². The van der Waals surface area contributed by atoms with E-state index in [0.717, 1.165) is 17.3 Å². The number of ether oxygens (including phenoxy) is 1. The zero-order valence-electron chi connectivity index (χ0n) is 12.1. The average Bonchev–Trinajstić information content (AvgIpc) is 3.11. The molecular formula is C16H20N2O2. The highest BCUT2D eigenvalue weighted by atomic mass is 16.5. The van der Waals surface area contributed by atoms with Crippen molar-refractivity contribution in [2.45, 2.75) is 45.1 Å². The Morgan fingerprint density at radius 1 is 1.40 bits per heavy atom. The summed E-state index contributed by atoms with van der Waals surface area (Å²) in [7, 11) is 1.40. The summed E-state index contributed by atoms with van der Waals surface area (Å²) in [4.78, 5) is 11.6. The maximum absolute atomic E-state index is 11.6. The van der Waals surface area contributed by atoms with Crippen LogP contribution in [0.1, 0.15) is 54.7 Å². The number of hydrogen-bond donors (Lipinski definition) is 0. The molecule has 1 fully saturated rings. The Labute approximate surface area is 118 Å². The number of benzene rings is 1. The van der Waals surface area contributed by atoms with Gasteiger partial charge in [-0.15, -0.1) is 0 Å². The Morgan fingerprint density at radius 3 is 2.80 bits per heavy atom. The van der Waals surface area contributed by atoms with E-state index in [4.69, 9.17) is 9.84 Å². The van der Waals surface area contributed by atoms with Crippen LogP contribution >= 0.6 is 0 Å². The van der Waals surface area contributed by atoms with Gasteiger partial charge in [-0.3, -0.25) is 4.68 Å². The van der Waals surface area contributed by atoms with Gasteiger partial charge in [-0.2, -0.15) is 5.10 Å². The van der Waals surface area contributed by atoms with Crippen LogP contribution in [-0.2, 0) is 11.2 Å². The molecule has 0 saturated heterocycles. The number of aryl methyl sites for hydroxylation is 1. The molecule has 4 nitrogen and oxygen atoms in total. The first-order valence-electron chi connectivity index (χ1n) is 7.34. The van der Waals surface area contributed by atoms with E-state index in [2.05, 4.69) is 11.6 Å². The maximum atomic E-state index is 11.6. The van der Waals surface area contributed by atoms with Gasteiger partial charge in [0.25, 0.3) is 0 Å². The first-order valence-corrected chi connectivity index (χ1v) is 7.34. The average molecular weight is 272 g/mol. The molecule has 1 aromatic carbocycles. The molecule has 1 aliphatic rings. The molecule has 3 rings (SSSR count). The van der Waals surface area contributed by atoms with E-state index in [9.17, 15) is 4.79 Å². The lowest BCUT2D eigenvalue weighted by Crippen LogP contribution is -2.09. The molecule has 4 heteroatoms. The zero-order chi connectivity index (χ0) is 14.1. The first-order chi connectivity index (χ1) is 9.74. The molecule has 106 valence electrons. The lowest BCUT2D eigenvalue weighted by atomic mass is 10.1. The van der Waals surface area contributed by atoms with Crippen molar-refractivity contribution in [3.05, 3.63) is 29.5 Å². The van der Waals surface area contributed by atoms with Crippen molar-refractivity contribution >= 4 is 16.9 Å². The predicted molar refractivity (Wildman–Crippen MR) is 78.0 cm³/mol. The first kappa shape index (κ1) is 13.2. The van der Waals surface area contributed by atoms with Crippen molar-refractivity contribution in [3.63, 3.8) is 0 Å². The van der Waals surface area contributed by atoms with Crippen molar-refractivity contribution in [2.24, 2.45) is 0 Å². The molecule has 0 N–H and O–H groups in total. The number of carbonyl (C=O) groups is 1. The van der Waals surface area contributed by atoms with Gasteiger partial charge >= 0.3 is 5.97 Å². The normalized spacial score (nSPS) is 15.9. The van der Waals surface area contributed by atoms with Gasteiger partial charge < -0.3 is 4.74 Å². The molecule has 1 saturated carbocycles. The van der Waals surface area contributed by atoms with Gasteiger partial charge in [0.2, 0.25) is 0 Å². The van der Waals surface area contributed by atoms with Gasteiger partial charge in [-0.25, -0.2) is 4.79 Å². The summed E-state index contributed by atoms with van der Waals surface area (Å²) in [6, 6.07) is 6.19. The second-order valence-corrected chi connectivity index (χ2v) is 5.41. The third-order valence-corrected chi connectivity index (χ3v) is 4.23. The van der Waals surface area contributed by atoms with E-state index in [1.807, 2.05) is 18.2 Å². The molecule has 1 aromatic heterocycles. The highest BCUT2D eigenvalue weighted by molar-refractivity contribution is 5.94. The van der Waals surface area contributed by atoms with Crippen molar-refractivity contribution in [3.8, 4) is 0 Å². The van der Waals surface area contributed by atoms with Crippen LogP contribution in [-0.4, -0.2) is 22.9 Å². The summed E-state index contributed by atoms with van der Waals surface area (Å²) in [5, 5.41) is 5.91. The molecular weight excluding hydrogens is 252 g/mol. The topological polar surface area (TPSA) is 44.1 Å². The van der Waals surface area contributed by atoms with Crippen LogP contribution in [0.2, 0.25) is 0 Å². The van der Waals surface area contributed by atoms with Crippen LogP contribution in [0.15, 0.2) is 18.2 Å². The van der Waals surface area contributed by atoms with Crippen LogP contribution in [0, 0.1) is 0 Å². The molecule has 0 amide bonds. The minimum absolute atomic E-state index is 0.305. The Kier molecular flexibility index (Phi) is 3.47. The summed E-state index contributed by atoms with van der Waals surface area (Å²) in [6.07, 6.45) is 5.97. The highest BCUT2D eigenvalue weighted by Gasteiger charge is 2.22. The highest BCUT2D eigenvalue weighted by Crippen LogP contribution is 2.33. The molecule has 0 unspecified atom stereocenters. The van der Waals surface area contributed by atoms with Gasteiger partial charge in [0.05, 0.1) is 24.2 Å². The summed E-state index contributed by atoms with van der Waals surface area (Å²) in [5.41, 5.74) is 2.75. The van der Waals surface area contributed by atoms with E-state index >= 15 is 0 Å². The molecule has 0 radical (unpaired) electrons. The molecule has 1 aliphatic carbocycles. The molecule has 0 bridgehead atoms. The lowest BCUT2D eigenvalue weighted by molar-refractivity contribution is 0.0601. The van der Waals surface area contributed by atoms with Crippen LogP contribution in [0.25, 0.3) is 10.9 Å². The number of fused-ring (bicyclic) bond motifs is 1. The summed E-state index contributed by atoms with van der Waals surface area (Å²) in [5.74, 6) is -0.305. The quantitative estimate of drug-likeness (QED) is 0.803. The molecule has 0 aliphatic heterocycles. The van der Waals surface area contributed by atoms with Crippen LogP contribution < -0.4 is 0 Å². The second kappa shape index (κ2) is 5.27. The number of aromatic nitrogens is 2. The van der Waals surface area contributed by atoms with E-state index in [1.165, 1.54) is 38.5 Å². The number of rotatable bonds is 3. The van der Waals surface area contributed by atoms with Crippen LogP contribution in [0.3, 0.4) is 0 Å². The smallest absolute Gasteiger partial charge is 0.337 e. The summed E-state index contributed by atoms with van der Waals surface area (Å²) in [6.45, 7) is 2.16.